The number of nitrogens with zero attached hydrogens (tertiary/aromatic N) is 1. The van der Waals surface area contributed by atoms with E-state index in [0.717, 1.165) is 12.8 Å². The first kappa shape index (κ1) is 16.5. The molecule has 0 radical (unpaired) electrons. The van der Waals surface area contributed by atoms with Gasteiger partial charge >= 0.3 is 6.61 Å². The molecule has 1 amide bonds. The number of rotatable bonds is 5. The van der Waals surface area contributed by atoms with Crippen molar-refractivity contribution in [1.29, 1.82) is 0 Å². The van der Waals surface area contributed by atoms with Gasteiger partial charge in [-0.15, -0.1) is 0 Å². The maximum atomic E-state index is 12.5. The molecule has 1 saturated carbocycles. The standard InChI is InChI=1S/C16H18ClF2NO3/c17-14-8-11(22-10-2-1-3-10)4-5-13(14)15(21)20-7-6-12(9-20)23-16(18)19/h4-5,8,10,12,16H,1-3,6-7,9H2/t12-/m0/s1. The molecular weight excluding hydrogens is 328 g/mol. The summed E-state index contributed by atoms with van der Waals surface area (Å²) >= 11 is 6.19. The third-order valence-electron chi connectivity index (χ3n) is 4.25. The van der Waals surface area contributed by atoms with Crippen LogP contribution in [0.1, 0.15) is 36.0 Å². The average Bonchev–Trinajstić information content (AvgIpc) is 2.90. The Kier molecular flexibility index (Phi) is 5.02. The zero-order chi connectivity index (χ0) is 16.4. The van der Waals surface area contributed by atoms with Gasteiger partial charge in [-0.2, -0.15) is 8.78 Å². The van der Waals surface area contributed by atoms with Gasteiger partial charge in [0.2, 0.25) is 0 Å². The van der Waals surface area contributed by atoms with E-state index in [1.165, 1.54) is 11.3 Å². The van der Waals surface area contributed by atoms with E-state index < -0.39 is 12.7 Å². The molecule has 1 atom stereocenters. The van der Waals surface area contributed by atoms with Gasteiger partial charge < -0.3 is 14.4 Å². The van der Waals surface area contributed by atoms with E-state index in [-0.39, 0.29) is 18.6 Å². The predicted molar refractivity (Wildman–Crippen MR) is 81.1 cm³/mol. The molecule has 4 nitrogen and oxygen atoms in total. The molecule has 1 aliphatic heterocycles. The lowest BCUT2D eigenvalue weighted by atomic mass is 9.96. The van der Waals surface area contributed by atoms with Gasteiger partial charge in [-0.1, -0.05) is 11.6 Å². The first-order valence-electron chi connectivity index (χ1n) is 7.72. The minimum absolute atomic E-state index is 0.153. The number of likely N-dealkylation sites (tertiary alicyclic amines) is 1. The Morgan fingerprint density at radius 2 is 2.04 bits per heavy atom. The highest BCUT2D eigenvalue weighted by Crippen LogP contribution is 2.29. The summed E-state index contributed by atoms with van der Waals surface area (Å²) in [5.41, 5.74) is 0.352. The molecule has 1 aliphatic carbocycles. The van der Waals surface area contributed by atoms with Gasteiger partial charge in [0.15, 0.2) is 0 Å². The molecule has 7 heteroatoms. The highest BCUT2D eigenvalue weighted by Gasteiger charge is 2.30. The number of carbonyl (C=O) groups is 1. The lowest BCUT2D eigenvalue weighted by Crippen LogP contribution is -2.31. The number of halogens is 3. The lowest BCUT2D eigenvalue weighted by molar-refractivity contribution is -0.158. The molecular formula is C16H18ClF2NO3. The van der Waals surface area contributed by atoms with Crippen LogP contribution < -0.4 is 4.74 Å². The summed E-state index contributed by atoms with van der Waals surface area (Å²) < 4.78 is 34.6. The van der Waals surface area contributed by atoms with Gasteiger partial charge in [0, 0.05) is 13.1 Å². The summed E-state index contributed by atoms with van der Waals surface area (Å²) in [4.78, 5) is 13.9. The van der Waals surface area contributed by atoms with Crippen molar-refractivity contribution in [2.45, 2.75) is 44.5 Å². The number of hydrogen-bond donors (Lipinski definition) is 0. The second-order valence-corrected chi connectivity index (χ2v) is 6.28. The predicted octanol–water partition coefficient (Wildman–Crippen LogP) is 3.73. The van der Waals surface area contributed by atoms with Crippen molar-refractivity contribution in [2.24, 2.45) is 0 Å². The third-order valence-corrected chi connectivity index (χ3v) is 4.57. The molecule has 0 N–H and O–H groups in total. The van der Waals surface area contributed by atoms with Crippen molar-refractivity contribution in [3.8, 4) is 5.75 Å². The SMILES string of the molecule is O=C(c1ccc(OC2CCC2)cc1Cl)N1CC[C@H](OC(F)F)C1. The monoisotopic (exact) mass is 345 g/mol. The van der Waals surface area contributed by atoms with E-state index >= 15 is 0 Å². The molecule has 1 saturated heterocycles. The van der Waals surface area contributed by atoms with E-state index in [4.69, 9.17) is 16.3 Å². The molecule has 1 aromatic rings. The Balaban J connectivity index is 1.63. The average molecular weight is 346 g/mol. The van der Waals surface area contributed by atoms with Crippen LogP contribution in [0.3, 0.4) is 0 Å². The summed E-state index contributed by atoms with van der Waals surface area (Å²) in [6.45, 7) is -2.28. The zero-order valence-electron chi connectivity index (χ0n) is 12.5. The largest absolute Gasteiger partial charge is 0.490 e. The van der Waals surface area contributed by atoms with Crippen LogP contribution in [0.25, 0.3) is 0 Å². The van der Waals surface area contributed by atoms with Crippen LogP contribution in [0, 0.1) is 0 Å². The Bertz CT molecular complexity index is 580. The fourth-order valence-electron chi connectivity index (χ4n) is 2.76. The van der Waals surface area contributed by atoms with Crippen LogP contribution in [0.15, 0.2) is 18.2 Å². The van der Waals surface area contributed by atoms with Crippen molar-refractivity contribution in [3.63, 3.8) is 0 Å². The number of carbonyl (C=O) groups excluding carboxylic acids is 1. The highest BCUT2D eigenvalue weighted by molar-refractivity contribution is 6.34. The Morgan fingerprint density at radius 3 is 2.65 bits per heavy atom. The number of hydrogen-bond acceptors (Lipinski definition) is 3. The van der Waals surface area contributed by atoms with Gasteiger partial charge in [-0.3, -0.25) is 4.79 Å². The topological polar surface area (TPSA) is 38.8 Å². The molecule has 0 aromatic heterocycles. The van der Waals surface area contributed by atoms with Crippen molar-refractivity contribution >= 4 is 17.5 Å². The highest BCUT2D eigenvalue weighted by atomic mass is 35.5. The molecule has 3 rings (SSSR count). The van der Waals surface area contributed by atoms with Crippen molar-refractivity contribution in [1.82, 2.24) is 4.90 Å². The van der Waals surface area contributed by atoms with Crippen LogP contribution in [0.2, 0.25) is 5.02 Å². The fourth-order valence-corrected chi connectivity index (χ4v) is 3.01. The number of amides is 1. The van der Waals surface area contributed by atoms with E-state index in [2.05, 4.69) is 4.74 Å². The molecule has 2 fully saturated rings. The minimum Gasteiger partial charge on any atom is -0.490 e. The molecule has 23 heavy (non-hydrogen) atoms. The maximum Gasteiger partial charge on any atom is 0.345 e. The summed E-state index contributed by atoms with van der Waals surface area (Å²) in [6, 6.07) is 4.98. The first-order valence-corrected chi connectivity index (χ1v) is 8.10. The van der Waals surface area contributed by atoms with E-state index in [1.54, 1.807) is 18.2 Å². The second kappa shape index (κ2) is 7.01. The van der Waals surface area contributed by atoms with E-state index in [9.17, 15) is 13.6 Å². The summed E-state index contributed by atoms with van der Waals surface area (Å²) in [5, 5.41) is 0.310. The normalized spacial score (nSPS) is 21.6. The molecule has 0 spiro atoms. The van der Waals surface area contributed by atoms with Crippen LogP contribution in [0.5, 0.6) is 5.75 Å². The van der Waals surface area contributed by atoms with Crippen LogP contribution in [-0.2, 0) is 4.74 Å². The Hall–Kier alpha value is -1.40. The number of ether oxygens (including phenoxy) is 2. The molecule has 2 aliphatic rings. The van der Waals surface area contributed by atoms with Crippen LogP contribution >= 0.6 is 11.6 Å². The fraction of sp³-hybridized carbons (Fsp3) is 0.562. The Morgan fingerprint density at radius 1 is 1.26 bits per heavy atom. The quantitative estimate of drug-likeness (QED) is 0.816. The summed E-state index contributed by atoms with van der Waals surface area (Å²) in [6.07, 6.45) is 3.26. The van der Waals surface area contributed by atoms with Crippen LogP contribution in [0.4, 0.5) is 8.78 Å². The van der Waals surface area contributed by atoms with Gasteiger partial charge in [0.05, 0.1) is 22.8 Å². The van der Waals surface area contributed by atoms with E-state index in [1.807, 2.05) is 0 Å². The third kappa shape index (κ3) is 3.93. The van der Waals surface area contributed by atoms with Crippen molar-refractivity contribution < 1.29 is 23.0 Å². The summed E-state index contributed by atoms with van der Waals surface area (Å²) in [5.74, 6) is 0.377. The second-order valence-electron chi connectivity index (χ2n) is 5.87. The number of benzene rings is 1. The lowest BCUT2D eigenvalue weighted by Gasteiger charge is -2.26. The maximum absolute atomic E-state index is 12.5. The van der Waals surface area contributed by atoms with Gasteiger partial charge in [-0.05, 0) is 43.9 Å². The molecule has 1 aromatic carbocycles. The zero-order valence-corrected chi connectivity index (χ0v) is 13.3. The van der Waals surface area contributed by atoms with Gasteiger partial charge in [-0.25, -0.2) is 0 Å². The first-order chi connectivity index (χ1) is 11.0. The Labute approximate surface area is 138 Å². The molecule has 0 bridgehead atoms. The molecule has 126 valence electrons. The van der Waals surface area contributed by atoms with Gasteiger partial charge in [0.25, 0.3) is 5.91 Å². The smallest absolute Gasteiger partial charge is 0.345 e. The van der Waals surface area contributed by atoms with Crippen molar-refractivity contribution in [2.75, 3.05) is 13.1 Å². The van der Waals surface area contributed by atoms with Gasteiger partial charge in [0.1, 0.15) is 5.75 Å². The van der Waals surface area contributed by atoms with Crippen molar-refractivity contribution in [3.05, 3.63) is 28.8 Å². The number of alkyl halides is 2. The van der Waals surface area contributed by atoms with Crippen LogP contribution in [-0.4, -0.2) is 42.7 Å². The molecule has 1 heterocycles. The van der Waals surface area contributed by atoms with E-state index in [0.29, 0.717) is 29.3 Å². The summed E-state index contributed by atoms with van der Waals surface area (Å²) in [7, 11) is 0. The minimum atomic E-state index is -2.82. The molecule has 0 unspecified atom stereocenters.